The zero-order chi connectivity index (χ0) is 23.8. The highest BCUT2D eigenvalue weighted by Crippen LogP contribution is 2.45. The quantitative estimate of drug-likeness (QED) is 0.282. The van der Waals surface area contributed by atoms with E-state index in [1.165, 1.54) is 12.2 Å². The van der Waals surface area contributed by atoms with Gasteiger partial charge >= 0.3 is 0 Å². The van der Waals surface area contributed by atoms with Gasteiger partial charge in [0, 0.05) is 5.92 Å². The van der Waals surface area contributed by atoms with Crippen LogP contribution in [0.4, 0.5) is 22.7 Å². The molecular formula is C25H16N4O4. The summed E-state index contributed by atoms with van der Waals surface area (Å²) in [5, 5.41) is 0. The molecule has 0 unspecified atom stereocenters. The number of isocyanates is 4. The van der Waals surface area contributed by atoms with Crippen molar-refractivity contribution in [1.82, 2.24) is 0 Å². The third-order valence-electron chi connectivity index (χ3n) is 5.11. The van der Waals surface area contributed by atoms with Crippen LogP contribution in [-0.4, -0.2) is 24.3 Å². The summed E-state index contributed by atoms with van der Waals surface area (Å²) >= 11 is 0. The maximum atomic E-state index is 11.2. The van der Waals surface area contributed by atoms with Crippen molar-refractivity contribution in [3.63, 3.8) is 0 Å². The van der Waals surface area contributed by atoms with E-state index in [1.54, 1.807) is 50.3 Å². The highest BCUT2D eigenvalue weighted by Gasteiger charge is 2.25. The van der Waals surface area contributed by atoms with E-state index in [0.29, 0.717) is 45.0 Å². The molecule has 8 nitrogen and oxygen atoms in total. The van der Waals surface area contributed by atoms with Crippen molar-refractivity contribution in [3.05, 3.63) is 82.4 Å². The zero-order valence-electron chi connectivity index (χ0n) is 17.7. The summed E-state index contributed by atoms with van der Waals surface area (Å²) in [6.07, 6.45) is 6.16. The average Bonchev–Trinajstić information content (AvgIpc) is 2.80. The summed E-state index contributed by atoms with van der Waals surface area (Å²) in [5.41, 5.74) is 4.22. The summed E-state index contributed by atoms with van der Waals surface area (Å²) in [4.78, 5) is 59.5. The van der Waals surface area contributed by atoms with Gasteiger partial charge in [-0.05, 0) is 65.9 Å². The highest BCUT2D eigenvalue weighted by molar-refractivity contribution is 5.72. The molecule has 0 saturated carbocycles. The lowest BCUT2D eigenvalue weighted by atomic mass is 9.82. The molecule has 0 saturated heterocycles. The number of aryl methyl sites for hydroxylation is 2. The first-order valence-electron chi connectivity index (χ1n) is 9.69. The van der Waals surface area contributed by atoms with E-state index in [2.05, 4.69) is 20.0 Å². The summed E-state index contributed by atoms with van der Waals surface area (Å²) < 4.78 is 0. The lowest BCUT2D eigenvalue weighted by Gasteiger charge is -2.23. The SMILES string of the molecule is Cc1cc(N=C=O)c(C(c2ccccc2)c2cc(N=C=O)c(C)cc2N=C=O)cc1N=C=O. The molecule has 0 aliphatic heterocycles. The van der Waals surface area contributed by atoms with Crippen LogP contribution in [0.15, 0.2) is 74.6 Å². The number of nitrogens with zero attached hydrogens (tertiary/aromatic N) is 4. The molecule has 0 aliphatic rings. The van der Waals surface area contributed by atoms with E-state index < -0.39 is 5.92 Å². The van der Waals surface area contributed by atoms with Gasteiger partial charge in [0.1, 0.15) is 0 Å². The highest BCUT2D eigenvalue weighted by atomic mass is 16.1. The molecule has 0 N–H and O–H groups in total. The van der Waals surface area contributed by atoms with Gasteiger partial charge in [-0.25, -0.2) is 19.2 Å². The second kappa shape index (κ2) is 10.5. The fourth-order valence-electron chi connectivity index (χ4n) is 3.66. The molecule has 0 aliphatic carbocycles. The van der Waals surface area contributed by atoms with Crippen molar-refractivity contribution in [1.29, 1.82) is 0 Å². The van der Waals surface area contributed by atoms with Crippen LogP contribution in [0, 0.1) is 13.8 Å². The minimum absolute atomic E-state index is 0.295. The van der Waals surface area contributed by atoms with E-state index in [-0.39, 0.29) is 0 Å². The lowest BCUT2D eigenvalue weighted by molar-refractivity contribution is 0.564. The average molecular weight is 436 g/mol. The molecule has 0 heterocycles. The van der Waals surface area contributed by atoms with Crippen molar-refractivity contribution in [2.75, 3.05) is 0 Å². The Morgan fingerprint density at radius 1 is 0.576 bits per heavy atom. The molecule has 8 heteroatoms. The normalized spacial score (nSPS) is 10.6. The third-order valence-corrected chi connectivity index (χ3v) is 5.11. The Morgan fingerprint density at radius 2 is 0.970 bits per heavy atom. The first-order chi connectivity index (χ1) is 16.0. The molecule has 0 bridgehead atoms. The van der Waals surface area contributed by atoms with Crippen LogP contribution < -0.4 is 0 Å². The van der Waals surface area contributed by atoms with Crippen LogP contribution in [0.5, 0.6) is 0 Å². The van der Waals surface area contributed by atoms with E-state index >= 15 is 0 Å². The van der Waals surface area contributed by atoms with Crippen LogP contribution in [0.3, 0.4) is 0 Å². The molecule has 33 heavy (non-hydrogen) atoms. The van der Waals surface area contributed by atoms with E-state index in [9.17, 15) is 19.2 Å². The minimum Gasteiger partial charge on any atom is -0.211 e. The van der Waals surface area contributed by atoms with Crippen molar-refractivity contribution in [2.45, 2.75) is 19.8 Å². The molecule has 0 spiro atoms. The molecule has 0 aromatic heterocycles. The maximum absolute atomic E-state index is 11.2. The molecule has 0 fully saturated rings. The molecule has 3 aromatic carbocycles. The monoisotopic (exact) mass is 436 g/mol. The van der Waals surface area contributed by atoms with Gasteiger partial charge in [0.05, 0.1) is 22.7 Å². The summed E-state index contributed by atoms with van der Waals surface area (Å²) in [7, 11) is 0. The van der Waals surface area contributed by atoms with Crippen LogP contribution in [-0.2, 0) is 19.2 Å². The van der Waals surface area contributed by atoms with Gasteiger partial charge in [-0.1, -0.05) is 30.3 Å². The van der Waals surface area contributed by atoms with Crippen molar-refractivity contribution >= 4 is 47.1 Å². The minimum atomic E-state index is -0.632. The van der Waals surface area contributed by atoms with Crippen LogP contribution in [0.2, 0.25) is 0 Å². The second-order valence-electron chi connectivity index (χ2n) is 7.05. The topological polar surface area (TPSA) is 118 Å². The molecule has 0 radical (unpaired) electrons. The van der Waals surface area contributed by atoms with Crippen molar-refractivity contribution < 1.29 is 19.2 Å². The van der Waals surface area contributed by atoms with Gasteiger partial charge in [0.15, 0.2) is 0 Å². The predicted molar refractivity (Wildman–Crippen MR) is 121 cm³/mol. The maximum Gasteiger partial charge on any atom is 0.240 e. The Bertz CT molecular complexity index is 1320. The fraction of sp³-hybridized carbons (Fsp3) is 0.120. The molecule has 0 amide bonds. The number of hydrogen-bond donors (Lipinski definition) is 0. The number of hydrogen-bond acceptors (Lipinski definition) is 8. The fourth-order valence-corrected chi connectivity index (χ4v) is 3.66. The molecular weight excluding hydrogens is 420 g/mol. The van der Waals surface area contributed by atoms with Crippen molar-refractivity contribution in [2.24, 2.45) is 20.0 Å². The zero-order valence-corrected chi connectivity index (χ0v) is 17.7. The first kappa shape index (κ1) is 22.9. The van der Waals surface area contributed by atoms with E-state index in [0.717, 1.165) is 5.56 Å². The third kappa shape index (κ3) is 4.92. The predicted octanol–water partition coefficient (Wildman–Crippen LogP) is 5.35. The Morgan fingerprint density at radius 3 is 1.36 bits per heavy atom. The van der Waals surface area contributed by atoms with Gasteiger partial charge in [-0.3, -0.25) is 0 Å². The molecule has 3 rings (SSSR count). The standard InChI is InChI=1S/C25H16N4O4/c1-16-8-23(28-14-32)19(10-21(16)26-12-30)25(18-6-4-3-5-7-18)20-11-22(27-13-31)17(2)9-24(20)29-15-33/h3-11,25H,1-2H3. The molecule has 160 valence electrons. The van der Waals surface area contributed by atoms with Gasteiger partial charge in [0.25, 0.3) is 0 Å². The molecule has 0 atom stereocenters. The summed E-state index contributed by atoms with van der Waals surface area (Å²) in [6.45, 7) is 3.43. The van der Waals surface area contributed by atoms with Crippen LogP contribution >= 0.6 is 0 Å². The van der Waals surface area contributed by atoms with Crippen molar-refractivity contribution in [3.8, 4) is 0 Å². The Kier molecular flexibility index (Phi) is 7.25. The number of rotatable bonds is 7. The van der Waals surface area contributed by atoms with Gasteiger partial charge < -0.3 is 0 Å². The first-order valence-corrected chi connectivity index (χ1v) is 9.69. The Balaban J connectivity index is 2.49. The second-order valence-corrected chi connectivity index (χ2v) is 7.05. The van der Waals surface area contributed by atoms with Gasteiger partial charge in [-0.15, -0.1) is 0 Å². The number of carbonyl (C=O) groups excluding carboxylic acids is 4. The van der Waals surface area contributed by atoms with E-state index in [4.69, 9.17) is 0 Å². The van der Waals surface area contributed by atoms with Gasteiger partial charge in [-0.2, -0.15) is 20.0 Å². The van der Waals surface area contributed by atoms with Crippen LogP contribution in [0.25, 0.3) is 0 Å². The summed E-state index contributed by atoms with van der Waals surface area (Å²) in [6, 6.07) is 15.6. The molecule has 3 aromatic rings. The van der Waals surface area contributed by atoms with E-state index in [1.807, 2.05) is 30.3 Å². The smallest absolute Gasteiger partial charge is 0.211 e. The number of benzene rings is 3. The van der Waals surface area contributed by atoms with Gasteiger partial charge in [0.2, 0.25) is 24.3 Å². The Hall–Kier alpha value is -4.82. The largest absolute Gasteiger partial charge is 0.240 e. The summed E-state index contributed by atoms with van der Waals surface area (Å²) in [5.74, 6) is -0.632. The Labute approximate surface area is 188 Å². The number of aliphatic imine (C=N–C) groups is 4. The lowest BCUT2D eigenvalue weighted by Crippen LogP contribution is -2.05. The van der Waals surface area contributed by atoms with Crippen LogP contribution in [0.1, 0.15) is 33.7 Å².